The second-order valence-corrected chi connectivity index (χ2v) is 11.3. The molecular weight excluding hydrogens is 513 g/mol. The van der Waals surface area contributed by atoms with E-state index in [9.17, 15) is 18.0 Å². The maximum Gasteiger partial charge on any atom is 0.244 e. The number of nitrogens with one attached hydrogen (secondary N) is 1. The van der Waals surface area contributed by atoms with Crippen LogP contribution in [0.5, 0.6) is 5.75 Å². The highest BCUT2D eigenvalue weighted by Gasteiger charge is 2.30. The molecule has 0 aromatic heterocycles. The Labute approximate surface area is 217 Å². The van der Waals surface area contributed by atoms with Crippen LogP contribution in [0.15, 0.2) is 42.5 Å². The molecule has 1 N–H and O–H groups in total. The summed E-state index contributed by atoms with van der Waals surface area (Å²) in [6, 6.07) is 10.3. The number of nitrogens with zero attached hydrogens (tertiary/aromatic N) is 2. The van der Waals surface area contributed by atoms with Gasteiger partial charge in [0.2, 0.25) is 21.8 Å². The molecule has 1 atom stereocenters. The molecule has 0 aliphatic rings. The van der Waals surface area contributed by atoms with E-state index in [1.165, 1.54) is 12.0 Å². The van der Waals surface area contributed by atoms with E-state index >= 15 is 0 Å². The highest BCUT2D eigenvalue weighted by atomic mass is 35.5. The number of hydrogen-bond acceptors (Lipinski definition) is 5. The molecule has 0 aliphatic heterocycles. The zero-order chi connectivity index (χ0) is 26.3. The van der Waals surface area contributed by atoms with Gasteiger partial charge >= 0.3 is 0 Å². The Bertz CT molecular complexity index is 1140. The van der Waals surface area contributed by atoms with Crippen LogP contribution in [0.1, 0.15) is 26.3 Å². The number of hydrogen-bond donors (Lipinski definition) is 1. The van der Waals surface area contributed by atoms with E-state index in [2.05, 4.69) is 5.32 Å². The summed E-state index contributed by atoms with van der Waals surface area (Å²) in [6.07, 6.45) is 1.02. The number of ether oxygens (including phenoxy) is 1. The lowest BCUT2D eigenvalue weighted by Gasteiger charge is -2.32. The van der Waals surface area contributed by atoms with Crippen LogP contribution in [-0.2, 0) is 26.2 Å². The van der Waals surface area contributed by atoms with Crippen molar-refractivity contribution < 1.29 is 22.7 Å². The summed E-state index contributed by atoms with van der Waals surface area (Å²) in [5, 5.41) is 3.59. The predicted octanol–water partition coefficient (Wildman–Crippen LogP) is 3.96. The Morgan fingerprint density at radius 2 is 1.69 bits per heavy atom. The maximum atomic E-state index is 13.5. The van der Waals surface area contributed by atoms with Crippen LogP contribution in [0.25, 0.3) is 0 Å². The average Bonchev–Trinajstić information content (AvgIpc) is 2.79. The molecule has 192 valence electrons. The minimum atomic E-state index is -3.82. The molecule has 0 aliphatic carbocycles. The van der Waals surface area contributed by atoms with Gasteiger partial charge in [0, 0.05) is 23.1 Å². The first kappa shape index (κ1) is 28.7. The molecule has 0 saturated carbocycles. The van der Waals surface area contributed by atoms with Crippen molar-refractivity contribution in [3.8, 4) is 5.75 Å². The Kier molecular flexibility index (Phi) is 10.2. The largest absolute Gasteiger partial charge is 0.497 e. The van der Waals surface area contributed by atoms with Crippen molar-refractivity contribution in [2.45, 2.75) is 33.4 Å². The summed E-state index contributed by atoms with van der Waals surface area (Å²) < 4.78 is 31.3. The van der Waals surface area contributed by atoms with Gasteiger partial charge in [-0.3, -0.25) is 13.9 Å². The van der Waals surface area contributed by atoms with E-state index in [1.54, 1.807) is 49.4 Å². The number of carbonyl (C=O) groups is 2. The summed E-state index contributed by atoms with van der Waals surface area (Å²) in [7, 11) is -2.32. The lowest BCUT2D eigenvalue weighted by molar-refractivity contribution is -0.139. The van der Waals surface area contributed by atoms with Crippen molar-refractivity contribution in [1.29, 1.82) is 0 Å². The van der Waals surface area contributed by atoms with E-state index in [0.29, 0.717) is 33.6 Å². The lowest BCUT2D eigenvalue weighted by Crippen LogP contribution is -2.51. The van der Waals surface area contributed by atoms with Crippen molar-refractivity contribution >= 4 is 50.7 Å². The van der Waals surface area contributed by atoms with Gasteiger partial charge < -0.3 is 15.0 Å². The van der Waals surface area contributed by atoms with Gasteiger partial charge in [0.05, 0.1) is 19.1 Å². The fourth-order valence-corrected chi connectivity index (χ4v) is 4.55. The first-order valence-corrected chi connectivity index (χ1v) is 13.6. The molecule has 8 nitrogen and oxygen atoms in total. The third-order valence-electron chi connectivity index (χ3n) is 5.25. The Morgan fingerprint density at radius 3 is 2.20 bits per heavy atom. The molecular formula is C24H31Cl2N3O5S. The standard InChI is InChI=1S/C24H31Cl2N3O5S/c1-16(2)13-27-24(31)17(3)28(14-18-6-7-19(25)12-22(18)26)23(30)15-29(35(5,32)33)20-8-10-21(34-4)11-9-20/h6-12,16-17H,13-15H2,1-5H3,(H,27,31)/t17-/m1/s1. The number of carbonyl (C=O) groups excluding carboxylic acids is 2. The van der Waals surface area contributed by atoms with Crippen LogP contribution in [-0.4, -0.2) is 57.6 Å². The van der Waals surface area contributed by atoms with E-state index in [4.69, 9.17) is 27.9 Å². The fraction of sp³-hybridized carbons (Fsp3) is 0.417. The van der Waals surface area contributed by atoms with Gasteiger partial charge in [0.1, 0.15) is 18.3 Å². The molecule has 0 spiro atoms. The zero-order valence-corrected chi connectivity index (χ0v) is 22.7. The molecule has 2 aromatic rings. The third kappa shape index (κ3) is 8.30. The summed E-state index contributed by atoms with van der Waals surface area (Å²) in [4.78, 5) is 27.7. The number of anilines is 1. The topological polar surface area (TPSA) is 96.0 Å². The summed E-state index contributed by atoms with van der Waals surface area (Å²) in [6.45, 7) is 5.44. The Hall–Kier alpha value is -2.49. The molecule has 0 saturated heterocycles. The number of sulfonamides is 1. The van der Waals surface area contributed by atoms with Crippen LogP contribution in [0.3, 0.4) is 0 Å². The van der Waals surface area contributed by atoms with Crippen molar-refractivity contribution in [2.24, 2.45) is 5.92 Å². The van der Waals surface area contributed by atoms with Crippen molar-refractivity contribution in [2.75, 3.05) is 30.8 Å². The summed E-state index contributed by atoms with van der Waals surface area (Å²) >= 11 is 12.3. The second-order valence-electron chi connectivity index (χ2n) is 8.54. The monoisotopic (exact) mass is 543 g/mol. The van der Waals surface area contributed by atoms with Crippen molar-refractivity contribution in [3.63, 3.8) is 0 Å². The SMILES string of the molecule is COc1ccc(N(CC(=O)N(Cc2ccc(Cl)cc2Cl)[C@H](C)C(=O)NCC(C)C)S(C)(=O)=O)cc1. The molecule has 0 unspecified atom stereocenters. The van der Waals surface area contributed by atoms with Gasteiger partial charge in [-0.25, -0.2) is 8.42 Å². The number of amides is 2. The molecule has 0 bridgehead atoms. The van der Waals surface area contributed by atoms with E-state index in [0.717, 1.165) is 10.6 Å². The smallest absolute Gasteiger partial charge is 0.244 e. The van der Waals surface area contributed by atoms with Crippen LogP contribution in [0, 0.1) is 5.92 Å². The Morgan fingerprint density at radius 1 is 1.06 bits per heavy atom. The lowest BCUT2D eigenvalue weighted by atomic mass is 10.1. The van der Waals surface area contributed by atoms with Crippen LogP contribution in [0.4, 0.5) is 5.69 Å². The minimum absolute atomic E-state index is 0.00862. The number of rotatable bonds is 11. The van der Waals surface area contributed by atoms with Gasteiger partial charge in [0.15, 0.2) is 0 Å². The highest BCUT2D eigenvalue weighted by Crippen LogP contribution is 2.25. The molecule has 0 heterocycles. The second kappa shape index (κ2) is 12.5. The fourth-order valence-electron chi connectivity index (χ4n) is 3.23. The maximum absolute atomic E-state index is 13.5. The van der Waals surface area contributed by atoms with Crippen LogP contribution >= 0.6 is 23.2 Å². The van der Waals surface area contributed by atoms with Crippen LogP contribution in [0.2, 0.25) is 10.0 Å². The van der Waals surface area contributed by atoms with Crippen LogP contribution < -0.4 is 14.4 Å². The van der Waals surface area contributed by atoms with Gasteiger partial charge in [-0.1, -0.05) is 43.1 Å². The van der Waals surface area contributed by atoms with E-state index in [1.807, 2.05) is 13.8 Å². The predicted molar refractivity (Wildman–Crippen MR) is 140 cm³/mol. The third-order valence-corrected chi connectivity index (χ3v) is 6.97. The van der Waals surface area contributed by atoms with Gasteiger partial charge in [-0.2, -0.15) is 0 Å². The summed E-state index contributed by atoms with van der Waals surface area (Å²) in [5.41, 5.74) is 0.867. The van der Waals surface area contributed by atoms with E-state index in [-0.39, 0.29) is 18.4 Å². The van der Waals surface area contributed by atoms with Gasteiger partial charge in [-0.05, 0) is 54.8 Å². The molecule has 11 heteroatoms. The first-order chi connectivity index (χ1) is 16.3. The summed E-state index contributed by atoms with van der Waals surface area (Å²) in [5.74, 6) is -0.156. The number of methoxy groups -OCH3 is 1. The van der Waals surface area contributed by atoms with Gasteiger partial charge in [-0.15, -0.1) is 0 Å². The normalized spacial score (nSPS) is 12.2. The quantitative estimate of drug-likeness (QED) is 0.462. The first-order valence-electron chi connectivity index (χ1n) is 11.0. The number of benzene rings is 2. The van der Waals surface area contributed by atoms with Crippen molar-refractivity contribution in [3.05, 3.63) is 58.1 Å². The Balaban J connectivity index is 2.39. The average molecular weight is 545 g/mol. The number of halogens is 2. The van der Waals surface area contributed by atoms with E-state index < -0.39 is 28.5 Å². The highest BCUT2D eigenvalue weighted by molar-refractivity contribution is 7.92. The minimum Gasteiger partial charge on any atom is -0.497 e. The molecule has 0 fully saturated rings. The molecule has 35 heavy (non-hydrogen) atoms. The molecule has 2 amide bonds. The molecule has 2 aromatic carbocycles. The van der Waals surface area contributed by atoms with Gasteiger partial charge in [0.25, 0.3) is 0 Å². The molecule has 0 radical (unpaired) electrons. The zero-order valence-electron chi connectivity index (χ0n) is 20.4. The van der Waals surface area contributed by atoms with Crippen molar-refractivity contribution in [1.82, 2.24) is 10.2 Å². The molecule has 2 rings (SSSR count).